The lowest BCUT2D eigenvalue weighted by molar-refractivity contribution is -0.145. The van der Waals surface area contributed by atoms with Crippen LogP contribution in [0.25, 0.3) is 11.0 Å². The molecule has 0 saturated heterocycles. The summed E-state index contributed by atoms with van der Waals surface area (Å²) in [5.74, 6) is -1.49. The first-order valence-electron chi connectivity index (χ1n) is 7.59. The van der Waals surface area contributed by atoms with Crippen molar-refractivity contribution in [1.29, 1.82) is 0 Å². The number of aromatic nitrogens is 4. The normalized spacial score (nSPS) is 11.6. The largest absolute Gasteiger partial charge is 0.451 e. The SMILES string of the molecule is CCn1cc2c(SCC(=O)c3ccc(CN)s3)nc(C(F)(F)F)nc2n1.Cl. The van der Waals surface area contributed by atoms with Crippen molar-refractivity contribution >= 4 is 52.3 Å². The summed E-state index contributed by atoms with van der Waals surface area (Å²) < 4.78 is 40.6. The zero-order chi connectivity index (χ0) is 18.9. The lowest BCUT2D eigenvalue weighted by atomic mass is 10.3. The Bertz CT molecular complexity index is 957. The van der Waals surface area contributed by atoms with Crippen LogP contribution in [-0.2, 0) is 19.3 Å². The molecule has 6 nitrogen and oxygen atoms in total. The van der Waals surface area contributed by atoms with E-state index in [9.17, 15) is 18.0 Å². The summed E-state index contributed by atoms with van der Waals surface area (Å²) in [6, 6.07) is 3.43. The maximum Gasteiger partial charge on any atom is 0.451 e. The number of fused-ring (bicyclic) bond motifs is 1. The number of Topliss-reactive ketones (excluding diaryl/α,β-unsaturated/α-hetero) is 1. The highest BCUT2D eigenvalue weighted by atomic mass is 35.5. The number of carbonyl (C=O) groups is 1. The summed E-state index contributed by atoms with van der Waals surface area (Å²) in [6.45, 7) is 2.63. The number of alkyl halides is 3. The summed E-state index contributed by atoms with van der Waals surface area (Å²) in [5.41, 5.74) is 5.49. The third kappa shape index (κ3) is 4.78. The monoisotopic (exact) mass is 437 g/mol. The molecule has 27 heavy (non-hydrogen) atoms. The lowest BCUT2D eigenvalue weighted by Gasteiger charge is -2.07. The smallest absolute Gasteiger partial charge is 0.326 e. The fourth-order valence-corrected chi connectivity index (χ4v) is 3.96. The number of ketones is 1. The molecular weight excluding hydrogens is 423 g/mol. The van der Waals surface area contributed by atoms with Crippen molar-refractivity contribution in [3.05, 3.63) is 33.9 Å². The van der Waals surface area contributed by atoms with Gasteiger partial charge in [0.1, 0.15) is 5.03 Å². The van der Waals surface area contributed by atoms with Crippen molar-refractivity contribution in [2.24, 2.45) is 5.73 Å². The van der Waals surface area contributed by atoms with E-state index in [1.807, 2.05) is 6.92 Å². The van der Waals surface area contributed by atoms with Crippen molar-refractivity contribution in [3.8, 4) is 0 Å². The Kier molecular flexibility index (Phi) is 6.84. The van der Waals surface area contributed by atoms with E-state index in [4.69, 9.17) is 5.73 Å². The van der Waals surface area contributed by atoms with Crippen LogP contribution in [0.5, 0.6) is 0 Å². The molecule has 0 amide bonds. The van der Waals surface area contributed by atoms with Gasteiger partial charge in [0.25, 0.3) is 0 Å². The van der Waals surface area contributed by atoms with Crippen LogP contribution < -0.4 is 5.73 Å². The van der Waals surface area contributed by atoms with Gasteiger partial charge in [-0.05, 0) is 19.1 Å². The molecule has 0 fully saturated rings. The van der Waals surface area contributed by atoms with E-state index in [1.165, 1.54) is 16.0 Å². The first-order valence-corrected chi connectivity index (χ1v) is 9.39. The number of nitrogens with two attached hydrogens (primary N) is 1. The molecule has 0 aliphatic heterocycles. The number of thiophene rings is 1. The molecule has 12 heteroatoms. The van der Waals surface area contributed by atoms with Crippen LogP contribution in [0.15, 0.2) is 23.4 Å². The molecule has 0 aliphatic carbocycles. The van der Waals surface area contributed by atoms with Crippen LogP contribution in [0.2, 0.25) is 0 Å². The molecular formula is C15H15ClF3N5OS2. The van der Waals surface area contributed by atoms with Crippen LogP contribution >= 0.6 is 35.5 Å². The standard InChI is InChI=1S/C15H14F3N5OS2.ClH/c1-2-23-6-9-12(22-23)20-14(15(16,17)18)21-13(9)25-7-10(24)11-4-3-8(5-19)26-11;/h3-4,6H,2,5,7,19H2,1H3;1H. The summed E-state index contributed by atoms with van der Waals surface area (Å²) in [7, 11) is 0. The van der Waals surface area contributed by atoms with Gasteiger partial charge >= 0.3 is 6.18 Å². The number of halogens is 4. The van der Waals surface area contributed by atoms with E-state index >= 15 is 0 Å². The second-order valence-corrected chi connectivity index (χ2v) is 7.39. The number of rotatable bonds is 6. The van der Waals surface area contributed by atoms with E-state index in [-0.39, 0.29) is 34.6 Å². The van der Waals surface area contributed by atoms with Gasteiger partial charge in [-0.2, -0.15) is 18.3 Å². The molecule has 3 heterocycles. The molecule has 0 radical (unpaired) electrons. The maximum absolute atomic E-state index is 13.0. The number of aryl methyl sites for hydroxylation is 1. The fraction of sp³-hybridized carbons (Fsp3) is 0.333. The molecule has 0 spiro atoms. The van der Waals surface area contributed by atoms with E-state index in [1.54, 1.807) is 18.3 Å². The van der Waals surface area contributed by atoms with Crippen molar-refractivity contribution in [2.45, 2.75) is 31.2 Å². The van der Waals surface area contributed by atoms with Crippen molar-refractivity contribution in [2.75, 3.05) is 5.75 Å². The molecule has 0 bridgehead atoms. The minimum absolute atomic E-state index is 0. The second kappa shape index (κ2) is 8.55. The van der Waals surface area contributed by atoms with Gasteiger partial charge in [0.2, 0.25) is 5.82 Å². The van der Waals surface area contributed by atoms with Gasteiger partial charge < -0.3 is 5.73 Å². The molecule has 0 aromatic carbocycles. The van der Waals surface area contributed by atoms with Crippen molar-refractivity contribution in [1.82, 2.24) is 19.7 Å². The zero-order valence-electron chi connectivity index (χ0n) is 14.0. The highest BCUT2D eigenvalue weighted by molar-refractivity contribution is 8.00. The Morgan fingerprint density at radius 2 is 2.07 bits per heavy atom. The Balaban J connectivity index is 0.00000261. The number of nitrogens with zero attached hydrogens (tertiary/aromatic N) is 4. The maximum atomic E-state index is 13.0. The predicted molar refractivity (Wildman–Crippen MR) is 101 cm³/mol. The average Bonchev–Trinajstić information content (AvgIpc) is 3.24. The van der Waals surface area contributed by atoms with Crippen LogP contribution in [0.3, 0.4) is 0 Å². The second-order valence-electron chi connectivity index (χ2n) is 5.25. The van der Waals surface area contributed by atoms with Gasteiger partial charge in [-0.15, -0.1) is 23.7 Å². The van der Waals surface area contributed by atoms with Crippen molar-refractivity contribution in [3.63, 3.8) is 0 Å². The van der Waals surface area contributed by atoms with Gasteiger partial charge in [-0.1, -0.05) is 11.8 Å². The van der Waals surface area contributed by atoms with Gasteiger partial charge in [0, 0.05) is 24.2 Å². The van der Waals surface area contributed by atoms with E-state index < -0.39 is 12.0 Å². The first kappa shape index (κ1) is 21.6. The lowest BCUT2D eigenvalue weighted by Crippen LogP contribution is -2.12. The third-order valence-corrected chi connectivity index (χ3v) is 5.59. The average molecular weight is 438 g/mol. The zero-order valence-corrected chi connectivity index (χ0v) is 16.4. The molecule has 0 aliphatic rings. The third-order valence-electron chi connectivity index (χ3n) is 3.45. The minimum atomic E-state index is -4.69. The van der Waals surface area contributed by atoms with E-state index in [0.29, 0.717) is 23.4 Å². The predicted octanol–water partition coefficient (Wildman–Crippen LogP) is 3.78. The van der Waals surface area contributed by atoms with Crippen LogP contribution in [0.4, 0.5) is 13.2 Å². The summed E-state index contributed by atoms with van der Waals surface area (Å²) >= 11 is 2.22. The van der Waals surface area contributed by atoms with Gasteiger partial charge in [-0.3, -0.25) is 9.48 Å². The number of hydrogen-bond acceptors (Lipinski definition) is 7. The summed E-state index contributed by atoms with van der Waals surface area (Å²) in [5, 5.41) is 4.50. The molecule has 3 rings (SSSR count). The van der Waals surface area contributed by atoms with Gasteiger partial charge in [-0.25, -0.2) is 9.97 Å². The number of hydrogen-bond donors (Lipinski definition) is 1. The van der Waals surface area contributed by atoms with Crippen LogP contribution in [0, 0.1) is 0 Å². The van der Waals surface area contributed by atoms with Gasteiger partial charge in [0.05, 0.1) is 16.0 Å². The van der Waals surface area contributed by atoms with Crippen LogP contribution in [0.1, 0.15) is 27.3 Å². The Labute approximate surface area is 166 Å². The Hall–Kier alpha value is -1.69. The summed E-state index contributed by atoms with van der Waals surface area (Å²) in [6.07, 6.45) is -3.10. The fourth-order valence-electron chi connectivity index (χ4n) is 2.17. The molecule has 3 aromatic rings. The number of carbonyl (C=O) groups excluding carboxylic acids is 1. The topological polar surface area (TPSA) is 86.7 Å². The molecule has 0 atom stereocenters. The Morgan fingerprint density at radius 3 is 2.67 bits per heavy atom. The van der Waals surface area contributed by atoms with E-state index in [2.05, 4.69) is 15.1 Å². The summed E-state index contributed by atoms with van der Waals surface area (Å²) in [4.78, 5) is 20.8. The molecule has 0 saturated carbocycles. The first-order chi connectivity index (χ1) is 12.3. The molecule has 3 aromatic heterocycles. The highest BCUT2D eigenvalue weighted by Crippen LogP contribution is 2.32. The van der Waals surface area contributed by atoms with Crippen LogP contribution in [-0.4, -0.2) is 31.3 Å². The molecule has 0 unspecified atom stereocenters. The highest BCUT2D eigenvalue weighted by Gasteiger charge is 2.36. The van der Waals surface area contributed by atoms with E-state index in [0.717, 1.165) is 16.6 Å². The molecule has 146 valence electrons. The quantitative estimate of drug-likeness (QED) is 0.359. The minimum Gasteiger partial charge on any atom is -0.326 e. The number of thioether (sulfide) groups is 1. The van der Waals surface area contributed by atoms with Crippen molar-refractivity contribution < 1.29 is 18.0 Å². The molecule has 2 N–H and O–H groups in total. The Morgan fingerprint density at radius 1 is 1.33 bits per heavy atom. The van der Waals surface area contributed by atoms with Gasteiger partial charge in [0.15, 0.2) is 11.4 Å².